The summed E-state index contributed by atoms with van der Waals surface area (Å²) in [6, 6.07) is 0. The third-order valence-electron chi connectivity index (χ3n) is 4.64. The zero-order chi connectivity index (χ0) is 14.1. The molecule has 1 N–H and O–H groups in total. The first-order valence-electron chi connectivity index (χ1n) is 7.85. The number of nitrogens with one attached hydrogen (secondary N) is 1. The molecule has 0 saturated heterocycles. The lowest BCUT2D eigenvalue weighted by atomic mass is 9.87. The Morgan fingerprint density at radius 3 is 2.75 bits per heavy atom. The molecular formula is C15H24N4S. The number of hydrogen-bond donors (Lipinski definition) is 1. The fourth-order valence-electron chi connectivity index (χ4n) is 3.52. The number of fused-ring (bicyclic) bond motifs is 1. The molecule has 1 fully saturated rings. The van der Waals surface area contributed by atoms with Gasteiger partial charge < -0.3 is 9.55 Å². The number of nitrogens with zero attached hydrogens (tertiary/aromatic N) is 3. The van der Waals surface area contributed by atoms with Crippen molar-refractivity contribution in [1.82, 2.24) is 19.3 Å². The Labute approximate surface area is 125 Å². The zero-order valence-corrected chi connectivity index (χ0v) is 13.3. The van der Waals surface area contributed by atoms with Crippen molar-refractivity contribution >= 4 is 23.4 Å². The largest absolute Gasteiger partial charge is 0.328 e. The Bertz CT molecular complexity index is 643. The van der Waals surface area contributed by atoms with E-state index in [1.54, 1.807) is 0 Å². The van der Waals surface area contributed by atoms with Crippen LogP contribution in [-0.4, -0.2) is 19.3 Å². The number of H-pyrrole nitrogens is 1. The van der Waals surface area contributed by atoms with Gasteiger partial charge in [0.2, 0.25) is 0 Å². The predicted molar refractivity (Wildman–Crippen MR) is 84.5 cm³/mol. The number of aromatic nitrogens is 4. The fraction of sp³-hybridized carbons (Fsp3) is 0.733. The molecule has 0 radical (unpaired) electrons. The molecule has 4 nitrogen and oxygen atoms in total. The van der Waals surface area contributed by atoms with Gasteiger partial charge in [-0.15, -0.1) is 0 Å². The van der Waals surface area contributed by atoms with Crippen molar-refractivity contribution in [3.63, 3.8) is 0 Å². The van der Waals surface area contributed by atoms with Gasteiger partial charge in [-0.2, -0.15) is 5.10 Å². The molecule has 2 aromatic heterocycles. The summed E-state index contributed by atoms with van der Waals surface area (Å²) in [6.07, 6.45) is 9.21. The standard InChI is InChI=1S/C15H24N4S/c1-3-12-13-14(18(2)17-12)19(15(20)16-13)10-9-11-7-5-4-6-8-11/h11H,3-10H2,1-2H3,(H,16,20). The van der Waals surface area contributed by atoms with Gasteiger partial charge in [-0.3, -0.25) is 4.68 Å². The van der Waals surface area contributed by atoms with Gasteiger partial charge in [0.15, 0.2) is 10.4 Å². The van der Waals surface area contributed by atoms with E-state index in [4.69, 9.17) is 12.2 Å². The average molecular weight is 292 g/mol. The van der Waals surface area contributed by atoms with E-state index in [1.165, 1.54) is 38.5 Å². The molecule has 1 aliphatic rings. The van der Waals surface area contributed by atoms with Crippen molar-refractivity contribution in [3.8, 4) is 0 Å². The number of rotatable bonds is 4. The van der Waals surface area contributed by atoms with E-state index < -0.39 is 0 Å². The van der Waals surface area contributed by atoms with Crippen LogP contribution in [0.3, 0.4) is 0 Å². The highest BCUT2D eigenvalue weighted by Gasteiger charge is 2.17. The first kappa shape index (κ1) is 13.9. The molecule has 0 atom stereocenters. The molecule has 20 heavy (non-hydrogen) atoms. The molecule has 2 aromatic rings. The van der Waals surface area contributed by atoms with Crippen LogP contribution in [0.2, 0.25) is 0 Å². The Hall–Kier alpha value is -1.10. The van der Waals surface area contributed by atoms with Crippen LogP contribution >= 0.6 is 12.2 Å². The van der Waals surface area contributed by atoms with Gasteiger partial charge in [0.05, 0.1) is 5.69 Å². The molecule has 5 heteroatoms. The van der Waals surface area contributed by atoms with E-state index >= 15 is 0 Å². The average Bonchev–Trinajstić information content (AvgIpc) is 2.95. The summed E-state index contributed by atoms with van der Waals surface area (Å²) in [4.78, 5) is 3.35. The first-order valence-corrected chi connectivity index (χ1v) is 8.26. The lowest BCUT2D eigenvalue weighted by Gasteiger charge is -2.21. The SMILES string of the molecule is CCc1nn(C)c2c1[nH]c(=S)n2CCC1CCCCC1. The number of hydrogen-bond acceptors (Lipinski definition) is 2. The van der Waals surface area contributed by atoms with Crippen LogP contribution in [0.5, 0.6) is 0 Å². The van der Waals surface area contributed by atoms with Gasteiger partial charge in [0.1, 0.15) is 5.52 Å². The van der Waals surface area contributed by atoms with Crippen LogP contribution in [0.15, 0.2) is 0 Å². The Balaban J connectivity index is 1.85. The Morgan fingerprint density at radius 1 is 1.30 bits per heavy atom. The van der Waals surface area contributed by atoms with Crippen molar-refractivity contribution in [1.29, 1.82) is 0 Å². The second-order valence-corrected chi connectivity index (χ2v) is 6.38. The second kappa shape index (κ2) is 5.72. The van der Waals surface area contributed by atoms with Crippen LogP contribution in [0.4, 0.5) is 0 Å². The predicted octanol–water partition coefficient (Wildman–Crippen LogP) is 3.97. The molecule has 110 valence electrons. The summed E-state index contributed by atoms with van der Waals surface area (Å²) in [5, 5.41) is 4.58. The zero-order valence-electron chi connectivity index (χ0n) is 12.5. The highest BCUT2D eigenvalue weighted by atomic mass is 32.1. The van der Waals surface area contributed by atoms with Crippen molar-refractivity contribution in [3.05, 3.63) is 10.5 Å². The third kappa shape index (κ3) is 2.43. The van der Waals surface area contributed by atoms with E-state index in [9.17, 15) is 0 Å². The maximum absolute atomic E-state index is 5.51. The van der Waals surface area contributed by atoms with Gasteiger partial charge >= 0.3 is 0 Å². The Morgan fingerprint density at radius 2 is 2.05 bits per heavy atom. The van der Waals surface area contributed by atoms with Gasteiger partial charge in [0, 0.05) is 13.6 Å². The summed E-state index contributed by atoms with van der Waals surface area (Å²) >= 11 is 5.51. The van der Waals surface area contributed by atoms with Crippen molar-refractivity contribution in [2.24, 2.45) is 13.0 Å². The quantitative estimate of drug-likeness (QED) is 0.866. The topological polar surface area (TPSA) is 38.5 Å². The summed E-state index contributed by atoms with van der Waals surface area (Å²) in [7, 11) is 2.02. The molecule has 0 bridgehead atoms. The molecule has 3 rings (SSSR count). The minimum Gasteiger partial charge on any atom is -0.328 e. The van der Waals surface area contributed by atoms with Gasteiger partial charge in [0.25, 0.3) is 0 Å². The number of imidazole rings is 1. The summed E-state index contributed by atoms with van der Waals surface area (Å²) in [5.74, 6) is 0.884. The lowest BCUT2D eigenvalue weighted by molar-refractivity contribution is 0.324. The van der Waals surface area contributed by atoms with E-state index in [1.807, 2.05) is 11.7 Å². The minimum atomic E-state index is 0.846. The van der Waals surface area contributed by atoms with Crippen molar-refractivity contribution in [2.75, 3.05) is 0 Å². The minimum absolute atomic E-state index is 0.846. The van der Waals surface area contributed by atoms with Crippen molar-refractivity contribution < 1.29 is 0 Å². The van der Waals surface area contributed by atoms with Gasteiger partial charge in [-0.25, -0.2) is 0 Å². The molecular weight excluding hydrogens is 268 g/mol. The van der Waals surface area contributed by atoms with E-state index in [0.717, 1.165) is 40.5 Å². The number of aryl methyl sites for hydroxylation is 3. The molecule has 0 unspecified atom stereocenters. The van der Waals surface area contributed by atoms with Crippen LogP contribution in [0.1, 0.15) is 51.1 Å². The second-order valence-electron chi connectivity index (χ2n) is 6.00. The van der Waals surface area contributed by atoms with Crippen LogP contribution in [0.25, 0.3) is 11.2 Å². The summed E-state index contributed by atoms with van der Waals surface area (Å²) in [5.41, 5.74) is 3.40. The molecule has 2 heterocycles. The van der Waals surface area contributed by atoms with Gasteiger partial charge in [-0.1, -0.05) is 39.0 Å². The summed E-state index contributed by atoms with van der Waals surface area (Å²) < 4.78 is 5.06. The highest BCUT2D eigenvalue weighted by Crippen LogP contribution is 2.27. The van der Waals surface area contributed by atoms with Crippen molar-refractivity contribution in [2.45, 2.75) is 58.4 Å². The molecule has 1 aliphatic carbocycles. The maximum atomic E-state index is 5.51. The Kier molecular flexibility index (Phi) is 3.96. The molecule has 1 saturated carbocycles. The lowest BCUT2D eigenvalue weighted by Crippen LogP contribution is -2.11. The number of aromatic amines is 1. The van der Waals surface area contributed by atoms with Crippen LogP contribution < -0.4 is 0 Å². The maximum Gasteiger partial charge on any atom is 0.179 e. The normalized spacial score (nSPS) is 17.1. The van der Waals surface area contributed by atoms with E-state index in [2.05, 4.69) is 21.6 Å². The van der Waals surface area contributed by atoms with E-state index in [0.29, 0.717) is 0 Å². The molecule has 0 aromatic carbocycles. The monoisotopic (exact) mass is 292 g/mol. The van der Waals surface area contributed by atoms with E-state index in [-0.39, 0.29) is 0 Å². The third-order valence-corrected chi connectivity index (χ3v) is 4.97. The molecule has 0 spiro atoms. The van der Waals surface area contributed by atoms with Crippen LogP contribution in [0, 0.1) is 10.7 Å². The smallest absolute Gasteiger partial charge is 0.179 e. The molecule has 0 amide bonds. The van der Waals surface area contributed by atoms with Crippen LogP contribution in [-0.2, 0) is 20.0 Å². The highest BCUT2D eigenvalue weighted by molar-refractivity contribution is 7.71. The molecule has 0 aliphatic heterocycles. The summed E-state index contributed by atoms with van der Waals surface area (Å²) in [6.45, 7) is 3.16. The first-order chi connectivity index (χ1) is 9.70. The van der Waals surface area contributed by atoms with Gasteiger partial charge in [-0.05, 0) is 31.0 Å². The fourth-order valence-corrected chi connectivity index (χ4v) is 3.80.